The van der Waals surface area contributed by atoms with E-state index in [2.05, 4.69) is 5.09 Å². The van der Waals surface area contributed by atoms with Crippen LogP contribution in [0.4, 0.5) is 0 Å². The monoisotopic (exact) mass is 336 g/mol. The van der Waals surface area contributed by atoms with E-state index in [4.69, 9.17) is 9.26 Å². The van der Waals surface area contributed by atoms with Crippen molar-refractivity contribution in [2.45, 2.75) is 32.9 Å². The normalized spacial score (nSPS) is 13.6. The predicted octanol–water partition coefficient (Wildman–Crippen LogP) is 2.40. The predicted molar refractivity (Wildman–Crippen MR) is 88.8 cm³/mol. The first-order chi connectivity index (χ1) is 11.0. The number of esters is 1. The molecule has 0 fully saturated rings. The molecular weight excluding hydrogens is 313 g/mol. The van der Waals surface area contributed by atoms with Crippen molar-refractivity contribution in [3.63, 3.8) is 0 Å². The van der Waals surface area contributed by atoms with Crippen LogP contribution in [0.5, 0.6) is 5.75 Å². The Labute approximate surface area is 138 Å². The summed E-state index contributed by atoms with van der Waals surface area (Å²) in [5.74, 6) is 0.451. The molecule has 124 valence electrons. The van der Waals surface area contributed by atoms with Crippen molar-refractivity contribution in [1.29, 1.82) is 0 Å². The Morgan fingerprint density at radius 1 is 1.26 bits per heavy atom. The third-order valence-electron chi connectivity index (χ3n) is 2.91. The molecule has 0 saturated carbocycles. The Bertz CT molecular complexity index is 631. The molecule has 0 bridgehead atoms. The van der Waals surface area contributed by atoms with Gasteiger partial charge in [0.2, 0.25) is 6.33 Å². The van der Waals surface area contributed by atoms with Crippen molar-refractivity contribution < 1.29 is 18.6 Å². The van der Waals surface area contributed by atoms with Crippen molar-refractivity contribution in [3.8, 4) is 5.75 Å². The third-order valence-corrected chi connectivity index (χ3v) is 4.56. The van der Waals surface area contributed by atoms with E-state index in [9.17, 15) is 4.79 Å². The summed E-state index contributed by atoms with van der Waals surface area (Å²) in [6, 6.07) is 9.06. The number of hydrogen-bond acceptors (Lipinski definition) is 4. The number of rotatable bonds is 7. The number of carbonyl (C=O) groups excluding carboxylic acids is 1. The second-order valence-corrected chi connectivity index (χ2v) is 6.92. The number of hydrogen-bond donors (Lipinski definition) is 1. The second-order valence-electron chi connectivity index (χ2n) is 5.47. The third kappa shape index (κ3) is 5.34. The highest BCUT2D eigenvalue weighted by molar-refractivity contribution is 7.49. The van der Waals surface area contributed by atoms with Crippen LogP contribution in [0, 0.1) is 0 Å². The van der Waals surface area contributed by atoms with Gasteiger partial charge in [0.15, 0.2) is 0 Å². The van der Waals surface area contributed by atoms with E-state index < -0.39 is 14.5 Å². The van der Waals surface area contributed by atoms with Crippen molar-refractivity contribution in [2.24, 2.45) is 7.05 Å². The van der Waals surface area contributed by atoms with E-state index >= 15 is 0 Å². The van der Waals surface area contributed by atoms with E-state index in [1.54, 1.807) is 6.92 Å². The van der Waals surface area contributed by atoms with Crippen molar-refractivity contribution >= 4 is 14.4 Å². The van der Waals surface area contributed by atoms with Gasteiger partial charge in [-0.15, -0.1) is 0 Å². The van der Waals surface area contributed by atoms with Crippen LogP contribution >= 0.6 is 8.45 Å². The minimum atomic E-state index is -1.26. The van der Waals surface area contributed by atoms with Crippen LogP contribution in [0.3, 0.4) is 0 Å². The average Bonchev–Trinajstić information content (AvgIpc) is 2.93. The summed E-state index contributed by atoms with van der Waals surface area (Å²) in [4.78, 5) is 12.0. The minimum absolute atomic E-state index is 0.141. The molecule has 0 spiro atoms. The highest BCUT2D eigenvalue weighted by atomic mass is 31.2. The zero-order valence-electron chi connectivity index (χ0n) is 13.8. The van der Waals surface area contributed by atoms with Gasteiger partial charge in [0.05, 0.1) is 13.2 Å². The van der Waals surface area contributed by atoms with Gasteiger partial charge in [-0.1, -0.05) is 18.2 Å². The number of imidazole rings is 1. The van der Waals surface area contributed by atoms with Crippen LogP contribution in [-0.2, 0) is 16.6 Å². The number of ether oxygens (including phenoxy) is 1. The van der Waals surface area contributed by atoms with Gasteiger partial charge in [0.25, 0.3) is 0 Å². The van der Waals surface area contributed by atoms with E-state index in [0.29, 0.717) is 0 Å². The zero-order valence-corrected chi connectivity index (χ0v) is 14.7. The second kappa shape index (κ2) is 8.09. The molecule has 1 N–H and O–H groups in total. The molecule has 0 aliphatic rings. The van der Waals surface area contributed by atoms with Gasteiger partial charge >= 0.3 is 14.4 Å². The minimum Gasteiger partial charge on any atom is -0.462 e. The molecule has 1 heterocycles. The summed E-state index contributed by atoms with van der Waals surface area (Å²) >= 11 is 0. The van der Waals surface area contributed by atoms with Crippen LogP contribution < -0.4 is 14.2 Å². The fourth-order valence-electron chi connectivity index (χ4n) is 1.82. The fourth-order valence-corrected chi connectivity index (χ4v) is 3.29. The SMILES string of the molecule is CC(C)OC(=O)C(C)NP(Oc1ccccc1)n1cc[n+](C)c1. The van der Waals surface area contributed by atoms with Crippen molar-refractivity contribution in [3.05, 3.63) is 49.1 Å². The van der Waals surface area contributed by atoms with Gasteiger partial charge in [-0.2, -0.15) is 4.34 Å². The molecule has 1 aromatic heterocycles. The van der Waals surface area contributed by atoms with E-state index in [0.717, 1.165) is 5.75 Å². The van der Waals surface area contributed by atoms with Crippen LogP contribution in [0.1, 0.15) is 20.8 Å². The first kappa shape index (κ1) is 17.4. The Morgan fingerprint density at radius 3 is 2.52 bits per heavy atom. The molecule has 0 radical (unpaired) electrons. The molecule has 0 aliphatic carbocycles. The van der Waals surface area contributed by atoms with Gasteiger partial charge < -0.3 is 9.26 Å². The van der Waals surface area contributed by atoms with Gasteiger partial charge in [0, 0.05) is 0 Å². The molecule has 2 unspecified atom stereocenters. The van der Waals surface area contributed by atoms with Crippen LogP contribution in [0.15, 0.2) is 49.1 Å². The van der Waals surface area contributed by atoms with Crippen LogP contribution in [0.25, 0.3) is 0 Å². The maximum absolute atomic E-state index is 12.0. The summed E-state index contributed by atoms with van der Waals surface area (Å²) < 4.78 is 15.1. The van der Waals surface area contributed by atoms with Crippen LogP contribution in [0.2, 0.25) is 0 Å². The summed E-state index contributed by atoms with van der Waals surface area (Å²) in [7, 11) is 0.670. The molecule has 1 aromatic carbocycles. The Hall–Kier alpha value is -1.91. The number of benzene rings is 1. The molecule has 23 heavy (non-hydrogen) atoms. The number of carbonyl (C=O) groups is 1. The maximum atomic E-state index is 12.0. The van der Waals surface area contributed by atoms with Gasteiger partial charge in [0.1, 0.15) is 24.2 Å². The lowest BCUT2D eigenvalue weighted by Gasteiger charge is -2.19. The molecule has 2 rings (SSSR count). The van der Waals surface area contributed by atoms with Gasteiger partial charge in [-0.3, -0.25) is 4.79 Å². The summed E-state index contributed by atoms with van der Waals surface area (Å²) in [5, 5.41) is 3.22. The topological polar surface area (TPSA) is 56.4 Å². The van der Waals surface area contributed by atoms with Crippen LogP contribution in [-0.4, -0.2) is 22.5 Å². The first-order valence-electron chi connectivity index (χ1n) is 7.49. The highest BCUT2D eigenvalue weighted by Gasteiger charge is 2.27. The molecule has 0 saturated heterocycles. The lowest BCUT2D eigenvalue weighted by Crippen LogP contribution is -2.35. The summed E-state index contributed by atoms with van der Waals surface area (Å²) in [6.45, 7) is 5.44. The molecule has 2 atom stereocenters. The molecule has 7 heteroatoms. The molecular formula is C16H23N3O3P+. The molecule has 0 aliphatic heterocycles. The number of nitrogens with one attached hydrogen (secondary N) is 1. The molecule has 6 nitrogen and oxygen atoms in total. The quantitative estimate of drug-likeness (QED) is 0.479. The number of aromatic nitrogens is 2. The lowest BCUT2D eigenvalue weighted by molar-refractivity contribution is -0.670. The number of aryl methyl sites for hydroxylation is 1. The average molecular weight is 336 g/mol. The van der Waals surface area contributed by atoms with Gasteiger partial charge in [-0.25, -0.2) is 9.65 Å². The van der Waals surface area contributed by atoms with E-state index in [1.165, 1.54) is 0 Å². The Kier molecular flexibility index (Phi) is 6.13. The standard InChI is InChI=1S/C16H23N3O3P/c1-13(2)21-16(20)14(3)17-23(19-11-10-18(4)12-19)22-15-8-6-5-7-9-15/h5-14,17H,1-4H3/q+1. The van der Waals surface area contributed by atoms with Crippen molar-refractivity contribution in [2.75, 3.05) is 0 Å². The Morgan fingerprint density at radius 2 is 1.96 bits per heavy atom. The summed E-state index contributed by atoms with van der Waals surface area (Å²) in [5.41, 5.74) is 0. The maximum Gasteiger partial charge on any atom is 0.388 e. The Balaban J connectivity index is 2.12. The highest BCUT2D eigenvalue weighted by Crippen LogP contribution is 2.35. The zero-order chi connectivity index (χ0) is 16.8. The first-order valence-corrected chi connectivity index (χ1v) is 8.70. The number of nitrogens with zero attached hydrogens (tertiary/aromatic N) is 2. The van der Waals surface area contributed by atoms with Crippen molar-refractivity contribution in [1.82, 2.24) is 9.42 Å². The molecule has 0 amide bonds. The van der Waals surface area contributed by atoms with E-state index in [-0.39, 0.29) is 12.1 Å². The lowest BCUT2D eigenvalue weighted by atomic mass is 10.3. The number of para-hydroxylation sites is 1. The van der Waals surface area contributed by atoms with E-state index in [1.807, 2.05) is 78.9 Å². The van der Waals surface area contributed by atoms with Gasteiger partial charge in [-0.05, 0) is 32.9 Å². The fraction of sp³-hybridized carbons (Fsp3) is 0.375. The smallest absolute Gasteiger partial charge is 0.388 e. The largest absolute Gasteiger partial charge is 0.462 e. The summed E-state index contributed by atoms with van der Waals surface area (Å²) in [6.07, 6.45) is 5.59. The molecule has 2 aromatic rings.